The minimum atomic E-state index is -0.410. The zero-order valence-corrected chi connectivity index (χ0v) is 23.4. The molecule has 1 aliphatic rings. The van der Waals surface area contributed by atoms with Gasteiger partial charge < -0.3 is 14.2 Å². The number of hydrogen-bond donors (Lipinski definition) is 0. The predicted octanol–water partition coefficient (Wildman–Crippen LogP) is 7.37. The van der Waals surface area contributed by atoms with Crippen LogP contribution in [0, 0.1) is 11.8 Å². The summed E-state index contributed by atoms with van der Waals surface area (Å²) >= 11 is 0. The maximum atomic E-state index is 12.8. The first-order chi connectivity index (χ1) is 17.0. The molecule has 0 radical (unpaired) electrons. The van der Waals surface area contributed by atoms with Gasteiger partial charge >= 0.3 is 5.97 Å². The number of hydrogen-bond acceptors (Lipinski definition) is 5. The van der Waals surface area contributed by atoms with Gasteiger partial charge in [-0.25, -0.2) is 0 Å². The Balaban J connectivity index is 2.05. The van der Waals surface area contributed by atoms with Gasteiger partial charge in [-0.2, -0.15) is 0 Å². The van der Waals surface area contributed by atoms with Crippen molar-refractivity contribution in [3.05, 3.63) is 47.6 Å². The molecule has 1 aromatic carbocycles. The van der Waals surface area contributed by atoms with Crippen LogP contribution < -0.4 is 9.47 Å². The first kappa shape index (κ1) is 29.7. The van der Waals surface area contributed by atoms with Crippen LogP contribution in [0.25, 0.3) is 0 Å². The molecule has 0 bridgehead atoms. The Morgan fingerprint density at radius 2 is 1.67 bits per heavy atom. The molecule has 0 N–H and O–H groups in total. The maximum absolute atomic E-state index is 12.8. The molecule has 1 fully saturated rings. The fourth-order valence-corrected chi connectivity index (χ4v) is 5.14. The predicted molar refractivity (Wildman–Crippen MR) is 146 cm³/mol. The monoisotopic (exact) mass is 498 g/mol. The lowest BCUT2D eigenvalue weighted by Crippen LogP contribution is -2.43. The first-order valence-electron chi connectivity index (χ1n) is 13.2. The molecule has 0 saturated heterocycles. The normalized spacial score (nSPS) is 20.5. The van der Waals surface area contributed by atoms with E-state index >= 15 is 0 Å². The Kier molecular flexibility index (Phi) is 11.3. The number of ether oxygens (including phenoxy) is 3. The van der Waals surface area contributed by atoms with Gasteiger partial charge in [0.2, 0.25) is 0 Å². The number of benzene rings is 1. The smallest absolute Gasteiger partial charge is 0.313 e. The quantitative estimate of drug-likeness (QED) is 0.161. The third-order valence-electron chi connectivity index (χ3n) is 7.56. The summed E-state index contributed by atoms with van der Waals surface area (Å²) in [6.07, 6.45) is 7.54. The summed E-state index contributed by atoms with van der Waals surface area (Å²) in [4.78, 5) is 25.3. The van der Waals surface area contributed by atoms with Crippen LogP contribution >= 0.6 is 0 Å². The molecule has 200 valence electrons. The maximum Gasteiger partial charge on any atom is 0.313 e. The summed E-state index contributed by atoms with van der Waals surface area (Å²) in [6.45, 7) is 14.6. The van der Waals surface area contributed by atoms with Crippen molar-refractivity contribution in [2.24, 2.45) is 11.8 Å². The van der Waals surface area contributed by atoms with E-state index in [9.17, 15) is 9.59 Å². The van der Waals surface area contributed by atoms with Gasteiger partial charge in [-0.15, -0.1) is 6.58 Å². The van der Waals surface area contributed by atoms with Gasteiger partial charge in [0, 0.05) is 18.4 Å². The van der Waals surface area contributed by atoms with Crippen molar-refractivity contribution in [2.75, 3.05) is 14.2 Å². The summed E-state index contributed by atoms with van der Waals surface area (Å²) in [6, 6.07) is 5.94. The molecule has 2 rings (SSSR count). The third-order valence-corrected chi connectivity index (χ3v) is 7.56. The van der Waals surface area contributed by atoms with E-state index in [1.165, 1.54) is 5.57 Å². The number of carbonyl (C=O) groups is 2. The number of ketones is 1. The van der Waals surface area contributed by atoms with E-state index in [1.54, 1.807) is 14.2 Å². The Morgan fingerprint density at radius 1 is 1.03 bits per heavy atom. The molecular weight excluding hydrogens is 452 g/mol. The third kappa shape index (κ3) is 8.83. The van der Waals surface area contributed by atoms with Crippen molar-refractivity contribution in [3.63, 3.8) is 0 Å². The fraction of sp³-hybridized carbons (Fsp3) is 0.613. The van der Waals surface area contributed by atoms with Gasteiger partial charge in [-0.1, -0.05) is 44.4 Å². The molecular formula is C31H46O5. The number of esters is 1. The summed E-state index contributed by atoms with van der Waals surface area (Å²) in [5.41, 5.74) is 3.14. The van der Waals surface area contributed by atoms with E-state index in [0.29, 0.717) is 18.8 Å². The van der Waals surface area contributed by atoms with Gasteiger partial charge in [0.15, 0.2) is 0 Å². The highest BCUT2D eigenvalue weighted by atomic mass is 16.5. The highest BCUT2D eigenvalue weighted by molar-refractivity contribution is 5.95. The number of carbonyl (C=O) groups excluding carboxylic acids is 2. The van der Waals surface area contributed by atoms with Crippen LogP contribution in [0.5, 0.6) is 11.5 Å². The molecule has 36 heavy (non-hydrogen) atoms. The summed E-state index contributed by atoms with van der Waals surface area (Å²) in [5.74, 6) is 1.60. The van der Waals surface area contributed by atoms with Crippen LogP contribution in [-0.4, -0.2) is 32.1 Å². The van der Waals surface area contributed by atoms with E-state index in [2.05, 4.69) is 33.4 Å². The Hall–Kier alpha value is -2.56. The van der Waals surface area contributed by atoms with Crippen molar-refractivity contribution >= 4 is 11.8 Å². The number of allylic oxidation sites excluding steroid dienone is 3. The summed E-state index contributed by atoms with van der Waals surface area (Å²) in [5, 5.41) is 0. The molecule has 0 aliphatic heterocycles. The highest BCUT2D eigenvalue weighted by Gasteiger charge is 2.42. The molecule has 1 aliphatic carbocycles. The van der Waals surface area contributed by atoms with Crippen LogP contribution in [0.1, 0.15) is 91.5 Å². The lowest BCUT2D eigenvalue weighted by molar-refractivity contribution is -0.157. The number of rotatable bonds is 13. The van der Waals surface area contributed by atoms with E-state index in [1.807, 2.05) is 32.0 Å². The topological polar surface area (TPSA) is 61.8 Å². The molecule has 0 unspecified atom stereocenters. The molecule has 1 aromatic rings. The zero-order chi connectivity index (χ0) is 26.9. The molecule has 0 aromatic heterocycles. The SMILES string of the molecule is C=C(C)CC/C=C(\C)CCC(=O)CC(=O)O[C@H]1C[C@H](C)CC[C@H]1C(C)(C)c1cc(OC)cc(OC)c1. The average molecular weight is 499 g/mol. The van der Waals surface area contributed by atoms with Crippen LogP contribution in [0.4, 0.5) is 0 Å². The second-order valence-electron chi connectivity index (χ2n) is 11.1. The van der Waals surface area contributed by atoms with Crippen LogP contribution in [0.15, 0.2) is 42.0 Å². The lowest BCUT2D eigenvalue weighted by atomic mass is 9.64. The average Bonchev–Trinajstić information content (AvgIpc) is 2.81. The summed E-state index contributed by atoms with van der Waals surface area (Å²) < 4.78 is 17.0. The summed E-state index contributed by atoms with van der Waals surface area (Å²) in [7, 11) is 3.30. The number of Topliss-reactive ketones (excluding diaryl/α,β-unsaturated/α-hetero) is 1. The molecule has 5 nitrogen and oxygen atoms in total. The molecule has 0 heterocycles. The lowest BCUT2D eigenvalue weighted by Gasteiger charge is -2.44. The van der Waals surface area contributed by atoms with Crippen LogP contribution in [-0.2, 0) is 19.7 Å². The molecule has 0 spiro atoms. The fourth-order valence-electron chi connectivity index (χ4n) is 5.14. The van der Waals surface area contributed by atoms with Crippen LogP contribution in [0.2, 0.25) is 0 Å². The molecule has 3 atom stereocenters. The van der Waals surface area contributed by atoms with Crippen molar-refractivity contribution in [1.82, 2.24) is 0 Å². The van der Waals surface area contributed by atoms with Gasteiger partial charge in [0.05, 0.1) is 14.2 Å². The van der Waals surface area contributed by atoms with Gasteiger partial charge in [-0.3, -0.25) is 9.59 Å². The minimum Gasteiger partial charge on any atom is -0.497 e. The largest absolute Gasteiger partial charge is 0.497 e. The first-order valence-corrected chi connectivity index (χ1v) is 13.2. The van der Waals surface area contributed by atoms with Crippen molar-refractivity contribution in [3.8, 4) is 11.5 Å². The van der Waals surface area contributed by atoms with E-state index in [0.717, 1.165) is 54.7 Å². The van der Waals surface area contributed by atoms with Gasteiger partial charge in [-0.05, 0) is 75.0 Å². The van der Waals surface area contributed by atoms with Gasteiger partial charge in [0.1, 0.15) is 29.8 Å². The van der Waals surface area contributed by atoms with Crippen LogP contribution in [0.3, 0.4) is 0 Å². The number of methoxy groups -OCH3 is 2. The molecule has 5 heteroatoms. The molecule has 1 saturated carbocycles. The van der Waals surface area contributed by atoms with Crippen molar-refractivity contribution in [1.29, 1.82) is 0 Å². The second kappa shape index (κ2) is 13.7. The Labute approximate surface area is 218 Å². The zero-order valence-electron chi connectivity index (χ0n) is 23.4. The second-order valence-corrected chi connectivity index (χ2v) is 11.1. The Morgan fingerprint density at radius 3 is 2.25 bits per heavy atom. The van der Waals surface area contributed by atoms with E-state index < -0.39 is 5.97 Å². The van der Waals surface area contributed by atoms with E-state index in [4.69, 9.17) is 14.2 Å². The minimum absolute atomic E-state index is 0.0650. The standard InChI is InChI=1S/C31H46O5/c1-21(2)10-9-11-22(3)12-14-25(32)19-30(33)36-29-16-23(4)13-15-28(29)31(5,6)24-17-26(34-7)20-27(18-24)35-8/h11,17-18,20,23,28-29H,1,9-10,12-16,19H2,2-8H3/b22-11+/t23-,28-,29+/m1/s1. The van der Waals surface area contributed by atoms with Gasteiger partial charge in [0.25, 0.3) is 0 Å². The molecule has 0 amide bonds. The Bertz CT molecular complexity index is 920. The van der Waals surface area contributed by atoms with E-state index in [-0.39, 0.29) is 29.6 Å². The highest BCUT2D eigenvalue weighted by Crippen LogP contribution is 2.45. The van der Waals surface area contributed by atoms with Crippen molar-refractivity contribution in [2.45, 2.75) is 97.5 Å². The van der Waals surface area contributed by atoms with Crippen molar-refractivity contribution < 1.29 is 23.8 Å².